The van der Waals surface area contributed by atoms with E-state index in [0.29, 0.717) is 63.2 Å². The minimum atomic E-state index is -4.79. The van der Waals surface area contributed by atoms with Crippen LogP contribution >= 0.6 is 25.7 Å². The van der Waals surface area contributed by atoms with E-state index in [1.165, 1.54) is 6.07 Å². The number of ketones is 1. The number of nitriles is 1. The first kappa shape index (κ1) is 45.3. The number of benzene rings is 3. The van der Waals surface area contributed by atoms with Gasteiger partial charge in [-0.05, 0) is 105 Å². The highest BCUT2D eigenvalue weighted by atomic mass is 32.1. The number of piperazine rings is 1. The number of hydrogen-bond acceptors (Lipinski definition) is 9. The van der Waals surface area contributed by atoms with E-state index < -0.39 is 28.7 Å². The number of carbonyl (C=O) groups excluding carboxylic acids is 4. The van der Waals surface area contributed by atoms with Crippen LogP contribution in [0.15, 0.2) is 60.7 Å². The van der Waals surface area contributed by atoms with Crippen LogP contribution in [0.4, 0.5) is 24.5 Å². The Morgan fingerprint density at radius 1 is 1.03 bits per heavy atom. The number of piperidine rings is 1. The van der Waals surface area contributed by atoms with E-state index in [4.69, 9.17) is 17.0 Å². The van der Waals surface area contributed by atoms with Crippen LogP contribution in [-0.4, -0.2) is 89.3 Å². The number of carbonyl (C=O) groups is 4. The van der Waals surface area contributed by atoms with Crippen LogP contribution in [0.25, 0.3) is 0 Å². The lowest BCUT2D eigenvalue weighted by atomic mass is 9.90. The van der Waals surface area contributed by atoms with Gasteiger partial charge in [-0.25, -0.2) is 0 Å². The lowest BCUT2D eigenvalue weighted by Gasteiger charge is -2.39. The normalized spacial score (nSPS) is 20.0. The van der Waals surface area contributed by atoms with Crippen LogP contribution in [0.3, 0.4) is 0 Å². The third kappa shape index (κ3) is 10.1. The average molecular weight is 851 g/mol. The predicted molar refractivity (Wildman–Crippen MR) is 227 cm³/mol. The van der Waals surface area contributed by atoms with E-state index >= 15 is 0 Å². The molecule has 3 aromatic carbocycles. The summed E-state index contributed by atoms with van der Waals surface area (Å²) in [6, 6.07) is 18.1. The summed E-state index contributed by atoms with van der Waals surface area (Å²) in [5.41, 5.74) is 0.384. The lowest BCUT2D eigenvalue weighted by molar-refractivity contribution is -0.138. The molecule has 1 N–H and O–H groups in total. The SMILES string of the molecule is CCc1cc(N2C(=S)N(c3ccc(C#N)c(C(F)(F)F)c3)C(=O)C2(C)C)ccc1OCCN1CCN(CC(=O)Cc2cccc(CC3CCC(=O)NC3=O)c2)[C@@H](C)C1.S. The fourth-order valence-electron chi connectivity index (χ4n) is 7.97. The van der Waals surface area contributed by atoms with Crippen molar-refractivity contribution in [3.05, 3.63) is 88.5 Å². The number of halogens is 3. The van der Waals surface area contributed by atoms with Crippen molar-refractivity contribution in [3.8, 4) is 11.8 Å². The molecule has 0 bridgehead atoms. The highest BCUT2D eigenvalue weighted by Crippen LogP contribution is 2.40. The molecule has 0 aromatic heterocycles. The molecule has 3 amide bonds. The number of thiocarbonyl (C=S) groups is 1. The van der Waals surface area contributed by atoms with Crippen LogP contribution < -0.4 is 19.9 Å². The number of rotatable bonds is 13. The molecule has 59 heavy (non-hydrogen) atoms. The molecule has 2 atom stereocenters. The Hall–Kier alpha value is -4.82. The van der Waals surface area contributed by atoms with Crippen LogP contribution in [0, 0.1) is 17.2 Å². The van der Waals surface area contributed by atoms with E-state index in [-0.39, 0.29) is 53.9 Å². The summed E-state index contributed by atoms with van der Waals surface area (Å²) < 4.78 is 47.6. The van der Waals surface area contributed by atoms with Crippen LogP contribution in [0.2, 0.25) is 0 Å². The zero-order valence-electron chi connectivity index (χ0n) is 33.5. The molecule has 3 aliphatic rings. The molecule has 16 heteroatoms. The number of imide groups is 1. The van der Waals surface area contributed by atoms with Gasteiger partial charge >= 0.3 is 6.18 Å². The molecular weight excluding hydrogens is 802 g/mol. The van der Waals surface area contributed by atoms with Crippen molar-refractivity contribution in [3.63, 3.8) is 0 Å². The molecule has 0 saturated carbocycles. The Balaban J connectivity index is 0.00000661. The van der Waals surface area contributed by atoms with Gasteiger partial charge in [-0.2, -0.15) is 31.9 Å². The van der Waals surface area contributed by atoms with Gasteiger partial charge in [-0.3, -0.25) is 39.2 Å². The number of hydrogen-bond donors (Lipinski definition) is 1. The van der Waals surface area contributed by atoms with Crippen LogP contribution in [-0.2, 0) is 44.6 Å². The van der Waals surface area contributed by atoms with Gasteiger partial charge in [-0.15, -0.1) is 0 Å². The number of aryl methyl sites for hydroxylation is 1. The first-order valence-corrected chi connectivity index (χ1v) is 19.9. The molecule has 0 aliphatic carbocycles. The van der Waals surface area contributed by atoms with Gasteiger partial charge in [0.1, 0.15) is 17.9 Å². The highest BCUT2D eigenvalue weighted by Gasteiger charge is 2.51. The maximum absolute atomic E-state index is 13.8. The summed E-state index contributed by atoms with van der Waals surface area (Å²) in [4.78, 5) is 57.8. The molecule has 3 aromatic rings. The molecule has 3 fully saturated rings. The van der Waals surface area contributed by atoms with Gasteiger partial charge in [-0.1, -0.05) is 31.2 Å². The van der Waals surface area contributed by atoms with Gasteiger partial charge in [0.15, 0.2) is 10.9 Å². The Morgan fingerprint density at radius 3 is 2.44 bits per heavy atom. The van der Waals surface area contributed by atoms with E-state index in [0.717, 1.165) is 53.4 Å². The van der Waals surface area contributed by atoms with Crippen LogP contribution in [0.1, 0.15) is 68.4 Å². The average Bonchev–Trinajstić information content (AvgIpc) is 3.35. The monoisotopic (exact) mass is 850 g/mol. The van der Waals surface area contributed by atoms with Gasteiger partial charge < -0.3 is 9.64 Å². The number of nitrogens with one attached hydrogen (secondary N) is 1. The van der Waals surface area contributed by atoms with Crippen molar-refractivity contribution in [2.45, 2.75) is 77.6 Å². The molecular formula is C43H49F3N6O5S2. The predicted octanol–water partition coefficient (Wildman–Crippen LogP) is 5.96. The van der Waals surface area contributed by atoms with E-state index in [2.05, 4.69) is 22.0 Å². The molecule has 3 saturated heterocycles. The minimum absolute atomic E-state index is 0. The van der Waals surface area contributed by atoms with Crippen molar-refractivity contribution in [2.24, 2.45) is 5.92 Å². The van der Waals surface area contributed by atoms with E-state index in [1.807, 2.05) is 43.3 Å². The Bertz CT molecular complexity index is 2160. The maximum atomic E-state index is 13.8. The van der Waals surface area contributed by atoms with Crippen LogP contribution in [0.5, 0.6) is 5.75 Å². The Kier molecular flexibility index (Phi) is 14.3. The number of Topliss-reactive ketones (excluding diaryl/α,β-unsaturated/α-hetero) is 1. The Morgan fingerprint density at radius 2 is 1.76 bits per heavy atom. The number of ether oxygens (including phenoxy) is 1. The summed E-state index contributed by atoms with van der Waals surface area (Å²) in [5.74, 6) is -0.416. The summed E-state index contributed by atoms with van der Waals surface area (Å²) >= 11 is 5.72. The number of nitrogens with zero attached hydrogens (tertiary/aromatic N) is 5. The minimum Gasteiger partial charge on any atom is -0.492 e. The fraction of sp³-hybridized carbons (Fsp3) is 0.442. The maximum Gasteiger partial charge on any atom is 0.417 e. The molecule has 3 heterocycles. The summed E-state index contributed by atoms with van der Waals surface area (Å²) in [6.07, 6.45) is -2.48. The second-order valence-corrected chi connectivity index (χ2v) is 16.0. The van der Waals surface area contributed by atoms with Crippen molar-refractivity contribution in [1.82, 2.24) is 15.1 Å². The lowest BCUT2D eigenvalue weighted by Crippen LogP contribution is -2.53. The smallest absolute Gasteiger partial charge is 0.417 e. The zero-order chi connectivity index (χ0) is 41.9. The number of alkyl halides is 3. The van der Waals surface area contributed by atoms with E-state index in [1.54, 1.807) is 30.9 Å². The molecule has 11 nitrogen and oxygen atoms in total. The summed E-state index contributed by atoms with van der Waals surface area (Å²) in [7, 11) is 0. The van der Waals surface area contributed by atoms with Gasteiger partial charge in [0.25, 0.3) is 5.91 Å². The molecule has 1 unspecified atom stereocenters. The standard InChI is InChI=1S/C43H47F3N6O5S.H2S/c1-5-30-22-34(52-41(58)51(40(56)42(52,3)4)33-11-9-32(24-47)36(23-33)43(44,45)46)12-13-37(30)57-18-17-49-15-16-50(27(2)25-49)26-35(53)21-29-8-6-7-28(19-29)20-31-10-14-38(54)48-39(31)55;/h6-9,11-13,19,22-23,27,31H,5,10,14-18,20-21,25-26H2,1-4H3,(H,48,54,55);1H2/t27-,31?;/m0./s1. The summed E-state index contributed by atoms with van der Waals surface area (Å²) in [5, 5.41) is 11.7. The second-order valence-electron chi connectivity index (χ2n) is 15.7. The Labute approximate surface area is 354 Å². The van der Waals surface area contributed by atoms with Gasteiger partial charge in [0.05, 0.1) is 29.4 Å². The van der Waals surface area contributed by atoms with Crippen molar-refractivity contribution >= 4 is 65.7 Å². The zero-order valence-corrected chi connectivity index (χ0v) is 35.3. The van der Waals surface area contributed by atoms with Gasteiger partial charge in [0.2, 0.25) is 11.8 Å². The van der Waals surface area contributed by atoms with Crippen molar-refractivity contribution in [1.29, 1.82) is 5.26 Å². The first-order valence-electron chi connectivity index (χ1n) is 19.5. The second kappa shape index (κ2) is 18.6. The topological polar surface area (TPSA) is 126 Å². The largest absolute Gasteiger partial charge is 0.492 e. The van der Waals surface area contributed by atoms with Crippen molar-refractivity contribution in [2.75, 3.05) is 49.1 Å². The summed E-state index contributed by atoms with van der Waals surface area (Å²) in [6.45, 7) is 11.1. The molecule has 0 spiro atoms. The third-order valence-corrected chi connectivity index (χ3v) is 11.5. The van der Waals surface area contributed by atoms with Gasteiger partial charge in [0, 0.05) is 56.7 Å². The highest BCUT2D eigenvalue weighted by molar-refractivity contribution is 7.81. The van der Waals surface area contributed by atoms with E-state index in [9.17, 15) is 37.6 Å². The molecule has 0 radical (unpaired) electrons. The molecule has 314 valence electrons. The molecule has 3 aliphatic heterocycles. The van der Waals surface area contributed by atoms with Crippen molar-refractivity contribution < 1.29 is 37.1 Å². The number of anilines is 2. The fourth-order valence-corrected chi connectivity index (χ4v) is 8.49. The molecule has 6 rings (SSSR count). The first-order chi connectivity index (χ1) is 27.5. The third-order valence-electron chi connectivity index (χ3n) is 11.2. The number of amides is 3. The quantitative estimate of drug-likeness (QED) is 0.163.